The molecule has 1 unspecified atom stereocenters. The van der Waals surface area contributed by atoms with E-state index in [1.54, 1.807) is 0 Å². The Balaban J connectivity index is 2.08. The second kappa shape index (κ2) is 6.76. The van der Waals surface area contributed by atoms with Crippen molar-refractivity contribution in [3.05, 3.63) is 48.3 Å². The number of primary amides is 1. The van der Waals surface area contributed by atoms with Gasteiger partial charge in [-0.3, -0.25) is 9.59 Å². The third-order valence-electron chi connectivity index (χ3n) is 3.78. The van der Waals surface area contributed by atoms with Crippen molar-refractivity contribution in [3.63, 3.8) is 0 Å². The first-order valence-corrected chi connectivity index (χ1v) is 7.54. The topological polar surface area (TPSA) is 123 Å². The Bertz CT molecular complexity index is 995. The molecule has 3 rings (SSSR count). The summed E-state index contributed by atoms with van der Waals surface area (Å²) in [7, 11) is 0. The first kappa shape index (κ1) is 18.5. The smallest absolute Gasteiger partial charge is 0.420 e. The number of alkyl halides is 3. The van der Waals surface area contributed by atoms with Crippen molar-refractivity contribution in [2.24, 2.45) is 5.73 Å². The van der Waals surface area contributed by atoms with Crippen LogP contribution in [0.25, 0.3) is 16.8 Å². The molecule has 0 fully saturated rings. The van der Waals surface area contributed by atoms with Gasteiger partial charge in [-0.2, -0.15) is 13.2 Å². The predicted molar refractivity (Wildman–Crippen MR) is 85.4 cm³/mol. The minimum atomic E-state index is -4.72. The molecule has 0 aliphatic carbocycles. The number of aromatic nitrogens is 2. The molecule has 4 N–H and O–H groups in total. The number of nitrogens with two attached hydrogens (primary N) is 1. The Kier molecular flexibility index (Phi) is 4.62. The minimum Gasteiger partial charge on any atom is -0.472 e. The number of hydrogen-bond acceptors (Lipinski definition) is 5. The SMILES string of the molecule is NC(=O)C(CO)NC(=O)c1cn2cc(-c3ccoc3)cc(C(F)(F)F)c2n1. The lowest BCUT2D eigenvalue weighted by Gasteiger charge is -2.10. The number of fused-ring (bicyclic) bond motifs is 1. The van der Waals surface area contributed by atoms with E-state index in [0.717, 1.165) is 16.7 Å². The van der Waals surface area contributed by atoms with Crippen LogP contribution >= 0.6 is 0 Å². The van der Waals surface area contributed by atoms with Crippen molar-refractivity contribution in [3.8, 4) is 11.1 Å². The highest BCUT2D eigenvalue weighted by Crippen LogP contribution is 2.35. The van der Waals surface area contributed by atoms with Crippen LogP contribution in [0.1, 0.15) is 16.1 Å². The van der Waals surface area contributed by atoms with Crippen molar-refractivity contribution < 1.29 is 32.3 Å². The molecule has 11 heteroatoms. The summed E-state index contributed by atoms with van der Waals surface area (Å²) < 4.78 is 46.3. The van der Waals surface area contributed by atoms with Gasteiger partial charge in [-0.15, -0.1) is 0 Å². The number of carbonyl (C=O) groups excluding carboxylic acids is 2. The summed E-state index contributed by atoms with van der Waals surface area (Å²) in [5, 5.41) is 11.1. The van der Waals surface area contributed by atoms with Gasteiger partial charge in [-0.25, -0.2) is 4.98 Å². The van der Waals surface area contributed by atoms with E-state index in [-0.39, 0.29) is 11.3 Å². The van der Waals surface area contributed by atoms with E-state index in [2.05, 4.69) is 10.3 Å². The fourth-order valence-electron chi connectivity index (χ4n) is 2.44. The summed E-state index contributed by atoms with van der Waals surface area (Å²) >= 11 is 0. The molecule has 0 aromatic carbocycles. The summed E-state index contributed by atoms with van der Waals surface area (Å²) in [5.41, 5.74) is 3.72. The van der Waals surface area contributed by atoms with Gasteiger partial charge in [0, 0.05) is 23.5 Å². The zero-order valence-corrected chi connectivity index (χ0v) is 13.5. The summed E-state index contributed by atoms with van der Waals surface area (Å²) in [5.74, 6) is -1.94. The van der Waals surface area contributed by atoms with Gasteiger partial charge in [0.1, 0.15) is 17.4 Å². The number of halogens is 3. The Morgan fingerprint density at radius 1 is 1.33 bits per heavy atom. The summed E-state index contributed by atoms with van der Waals surface area (Å²) in [6.45, 7) is -0.757. The number of imidazole rings is 1. The Morgan fingerprint density at radius 2 is 2.07 bits per heavy atom. The average Bonchev–Trinajstić information content (AvgIpc) is 3.26. The van der Waals surface area contributed by atoms with Crippen molar-refractivity contribution >= 4 is 17.5 Å². The summed E-state index contributed by atoms with van der Waals surface area (Å²) in [4.78, 5) is 27.0. The second-order valence-electron chi connectivity index (χ2n) is 5.62. The molecule has 0 aliphatic rings. The van der Waals surface area contributed by atoms with E-state index < -0.39 is 41.9 Å². The molecular weight excluding hydrogens is 369 g/mol. The quantitative estimate of drug-likeness (QED) is 0.612. The number of nitrogens with zero attached hydrogens (tertiary/aromatic N) is 2. The zero-order chi connectivity index (χ0) is 19.8. The van der Waals surface area contributed by atoms with Gasteiger partial charge in [-0.1, -0.05) is 0 Å². The predicted octanol–water partition coefficient (Wildman–Crippen LogP) is 1.19. The maximum atomic E-state index is 13.4. The van der Waals surface area contributed by atoms with Gasteiger partial charge >= 0.3 is 6.18 Å². The van der Waals surface area contributed by atoms with Crippen molar-refractivity contribution in [1.82, 2.24) is 14.7 Å². The number of aliphatic hydroxyl groups excluding tert-OH is 1. The molecule has 2 amide bonds. The lowest BCUT2D eigenvalue weighted by molar-refractivity contribution is -0.136. The number of hydrogen-bond donors (Lipinski definition) is 3. The summed E-state index contributed by atoms with van der Waals surface area (Å²) in [6, 6.07) is 1.00. The lowest BCUT2D eigenvalue weighted by atomic mass is 10.1. The third-order valence-corrected chi connectivity index (χ3v) is 3.78. The van der Waals surface area contributed by atoms with E-state index in [4.69, 9.17) is 15.3 Å². The van der Waals surface area contributed by atoms with Crippen LogP contribution in [0.5, 0.6) is 0 Å². The van der Waals surface area contributed by atoms with Crippen LogP contribution in [0.4, 0.5) is 13.2 Å². The lowest BCUT2D eigenvalue weighted by Crippen LogP contribution is -2.46. The highest BCUT2D eigenvalue weighted by molar-refractivity contribution is 5.96. The molecule has 8 nitrogen and oxygen atoms in total. The first-order chi connectivity index (χ1) is 12.7. The molecule has 142 valence electrons. The monoisotopic (exact) mass is 382 g/mol. The number of amides is 2. The maximum Gasteiger partial charge on any atom is 0.420 e. The molecule has 0 bridgehead atoms. The normalized spacial score (nSPS) is 12.9. The Hall–Kier alpha value is -3.34. The maximum absolute atomic E-state index is 13.4. The van der Waals surface area contributed by atoms with Gasteiger partial charge in [0.2, 0.25) is 5.91 Å². The highest BCUT2D eigenvalue weighted by atomic mass is 19.4. The number of carbonyl (C=O) groups is 2. The second-order valence-corrected chi connectivity index (χ2v) is 5.62. The van der Waals surface area contributed by atoms with Crippen LogP contribution in [0.2, 0.25) is 0 Å². The number of rotatable bonds is 5. The van der Waals surface area contributed by atoms with Crippen LogP contribution in [-0.2, 0) is 11.0 Å². The van der Waals surface area contributed by atoms with E-state index in [1.807, 2.05) is 0 Å². The molecule has 3 aromatic heterocycles. The Labute approximate surface area is 149 Å². The number of aliphatic hydroxyl groups is 1. The van der Waals surface area contributed by atoms with Crippen LogP contribution in [-0.4, -0.2) is 39.0 Å². The fourth-order valence-corrected chi connectivity index (χ4v) is 2.44. The standard InChI is InChI=1S/C16H13F3N4O4/c17-16(18,19)10-3-9(8-1-2-27-7-8)4-23-5-11(21-14(10)23)15(26)22-12(6-24)13(20)25/h1-5,7,12,24H,6H2,(H2,20,25)(H,22,26). The first-order valence-electron chi connectivity index (χ1n) is 7.54. The van der Waals surface area contributed by atoms with Crippen molar-refractivity contribution in [2.45, 2.75) is 12.2 Å². The number of nitrogens with one attached hydrogen (secondary N) is 1. The van der Waals surface area contributed by atoms with Crippen LogP contribution in [0.15, 0.2) is 41.5 Å². The van der Waals surface area contributed by atoms with Crippen LogP contribution < -0.4 is 11.1 Å². The van der Waals surface area contributed by atoms with E-state index in [1.165, 1.54) is 24.8 Å². The van der Waals surface area contributed by atoms with E-state index in [0.29, 0.717) is 5.56 Å². The molecule has 0 saturated carbocycles. The van der Waals surface area contributed by atoms with Gasteiger partial charge in [0.15, 0.2) is 0 Å². The molecule has 3 aromatic rings. The summed E-state index contributed by atoms with van der Waals surface area (Å²) in [6.07, 6.45) is 0.319. The largest absolute Gasteiger partial charge is 0.472 e. The molecule has 0 aliphatic heterocycles. The third kappa shape index (κ3) is 3.62. The highest BCUT2D eigenvalue weighted by Gasteiger charge is 2.35. The van der Waals surface area contributed by atoms with Crippen LogP contribution in [0, 0.1) is 0 Å². The molecule has 0 radical (unpaired) electrons. The molecule has 0 spiro atoms. The van der Waals surface area contributed by atoms with Gasteiger partial charge in [0.25, 0.3) is 5.91 Å². The fraction of sp³-hybridized carbons (Fsp3) is 0.188. The van der Waals surface area contributed by atoms with Crippen LogP contribution in [0.3, 0.4) is 0 Å². The van der Waals surface area contributed by atoms with E-state index in [9.17, 15) is 22.8 Å². The molecular formula is C16H13F3N4O4. The van der Waals surface area contributed by atoms with Gasteiger partial charge in [-0.05, 0) is 12.1 Å². The molecule has 1 atom stereocenters. The van der Waals surface area contributed by atoms with Crippen molar-refractivity contribution in [2.75, 3.05) is 6.61 Å². The number of furan rings is 1. The van der Waals surface area contributed by atoms with Crippen molar-refractivity contribution in [1.29, 1.82) is 0 Å². The van der Waals surface area contributed by atoms with E-state index >= 15 is 0 Å². The Morgan fingerprint density at radius 3 is 2.63 bits per heavy atom. The van der Waals surface area contributed by atoms with Gasteiger partial charge < -0.3 is 25.0 Å². The minimum absolute atomic E-state index is 0.207. The number of pyridine rings is 1. The average molecular weight is 382 g/mol. The molecule has 3 heterocycles. The molecule has 27 heavy (non-hydrogen) atoms. The zero-order valence-electron chi connectivity index (χ0n) is 13.5. The molecule has 0 saturated heterocycles. The van der Waals surface area contributed by atoms with Gasteiger partial charge in [0.05, 0.1) is 24.7 Å².